The first-order chi connectivity index (χ1) is 15.4. The standard InChI is InChI=1S/C20H21F3N4O5S/c1-24-33(31,32)16-5-3-15(4-6-16)25-19(28)13-8-10-26(11-9-13)17-7-2-14(20(21,22)23)12-18(17)27(29)30/h2-7,12-13,24H,8-11H2,1H3,(H,25,28). The largest absolute Gasteiger partial charge is 0.416 e. The average Bonchev–Trinajstić information content (AvgIpc) is 2.78. The minimum absolute atomic E-state index is 0.0504. The van der Waals surface area contributed by atoms with Crippen LogP contribution in [0.2, 0.25) is 0 Å². The number of nitrogens with one attached hydrogen (secondary N) is 2. The normalized spacial score (nSPS) is 15.3. The fourth-order valence-corrected chi connectivity index (χ4v) is 4.31. The maximum Gasteiger partial charge on any atom is 0.416 e. The molecule has 1 aliphatic rings. The Hall–Kier alpha value is -3.19. The number of benzene rings is 2. The summed E-state index contributed by atoms with van der Waals surface area (Å²) in [5.41, 5.74) is -1.24. The zero-order chi connectivity index (χ0) is 24.4. The number of carbonyl (C=O) groups is 1. The topological polar surface area (TPSA) is 122 Å². The minimum Gasteiger partial charge on any atom is -0.366 e. The molecule has 1 fully saturated rings. The number of nitrogens with zero attached hydrogens (tertiary/aromatic N) is 2. The number of anilines is 2. The van der Waals surface area contributed by atoms with Crippen LogP contribution in [0, 0.1) is 16.0 Å². The Morgan fingerprint density at radius 1 is 1.12 bits per heavy atom. The summed E-state index contributed by atoms with van der Waals surface area (Å²) in [5, 5.41) is 14.0. The van der Waals surface area contributed by atoms with Gasteiger partial charge in [-0.05, 0) is 56.3 Å². The summed E-state index contributed by atoms with van der Waals surface area (Å²) in [4.78, 5) is 24.7. The van der Waals surface area contributed by atoms with E-state index in [0.29, 0.717) is 24.6 Å². The predicted octanol–water partition coefficient (Wildman–Crippen LogP) is 3.38. The van der Waals surface area contributed by atoms with E-state index in [-0.39, 0.29) is 29.6 Å². The number of alkyl halides is 3. The highest BCUT2D eigenvalue weighted by Gasteiger charge is 2.35. The number of rotatable bonds is 6. The molecule has 2 aromatic carbocycles. The van der Waals surface area contributed by atoms with Crippen molar-refractivity contribution in [1.29, 1.82) is 0 Å². The molecule has 3 rings (SSSR count). The molecule has 1 saturated heterocycles. The lowest BCUT2D eigenvalue weighted by Crippen LogP contribution is -2.38. The quantitative estimate of drug-likeness (QED) is 0.477. The molecular weight excluding hydrogens is 465 g/mol. The van der Waals surface area contributed by atoms with Crippen molar-refractivity contribution in [2.75, 3.05) is 30.4 Å². The van der Waals surface area contributed by atoms with Crippen molar-refractivity contribution in [3.05, 3.63) is 58.1 Å². The first kappa shape index (κ1) is 24.5. The predicted molar refractivity (Wildman–Crippen MR) is 114 cm³/mol. The number of carbonyl (C=O) groups excluding carboxylic acids is 1. The highest BCUT2D eigenvalue weighted by Crippen LogP contribution is 2.37. The Morgan fingerprint density at radius 3 is 2.24 bits per heavy atom. The molecular formula is C20H21F3N4O5S. The van der Waals surface area contributed by atoms with Gasteiger partial charge in [-0.15, -0.1) is 0 Å². The Bertz CT molecular complexity index is 1150. The van der Waals surface area contributed by atoms with Gasteiger partial charge in [-0.25, -0.2) is 13.1 Å². The number of sulfonamides is 1. The fourth-order valence-electron chi connectivity index (χ4n) is 3.58. The van der Waals surface area contributed by atoms with Crippen LogP contribution in [0.1, 0.15) is 18.4 Å². The smallest absolute Gasteiger partial charge is 0.366 e. The maximum absolute atomic E-state index is 12.9. The Labute approximate surface area is 187 Å². The molecule has 2 aromatic rings. The first-order valence-corrected chi connectivity index (χ1v) is 11.4. The number of halogens is 3. The van der Waals surface area contributed by atoms with Crippen molar-refractivity contribution >= 4 is 33.0 Å². The van der Waals surface area contributed by atoms with Crippen molar-refractivity contribution < 1.29 is 31.3 Å². The van der Waals surface area contributed by atoms with E-state index in [2.05, 4.69) is 10.0 Å². The van der Waals surface area contributed by atoms with Gasteiger partial charge in [0.05, 0.1) is 15.4 Å². The molecule has 2 N–H and O–H groups in total. The van der Waals surface area contributed by atoms with Crippen LogP contribution in [0.3, 0.4) is 0 Å². The van der Waals surface area contributed by atoms with Crippen LogP contribution in [0.25, 0.3) is 0 Å². The molecule has 0 radical (unpaired) electrons. The second-order valence-electron chi connectivity index (χ2n) is 7.44. The highest BCUT2D eigenvalue weighted by atomic mass is 32.2. The van der Waals surface area contributed by atoms with E-state index in [1.54, 1.807) is 4.90 Å². The van der Waals surface area contributed by atoms with Crippen LogP contribution in [-0.2, 0) is 21.0 Å². The molecule has 0 aliphatic carbocycles. The second-order valence-corrected chi connectivity index (χ2v) is 9.33. The number of hydrogen-bond acceptors (Lipinski definition) is 6. The maximum atomic E-state index is 12.9. The van der Waals surface area contributed by atoms with Gasteiger partial charge in [0.2, 0.25) is 15.9 Å². The van der Waals surface area contributed by atoms with Gasteiger partial charge >= 0.3 is 6.18 Å². The van der Waals surface area contributed by atoms with Gasteiger partial charge < -0.3 is 10.2 Å². The van der Waals surface area contributed by atoms with E-state index in [9.17, 15) is 36.5 Å². The van der Waals surface area contributed by atoms with Crippen LogP contribution in [0.15, 0.2) is 47.4 Å². The zero-order valence-electron chi connectivity index (χ0n) is 17.4. The van der Waals surface area contributed by atoms with Gasteiger partial charge in [0, 0.05) is 30.8 Å². The van der Waals surface area contributed by atoms with Crippen molar-refractivity contribution in [1.82, 2.24) is 4.72 Å². The van der Waals surface area contributed by atoms with E-state index in [4.69, 9.17) is 0 Å². The third kappa shape index (κ3) is 5.60. The Morgan fingerprint density at radius 2 is 1.73 bits per heavy atom. The number of nitro benzene ring substituents is 1. The van der Waals surface area contributed by atoms with Crippen molar-refractivity contribution in [2.45, 2.75) is 23.9 Å². The van der Waals surface area contributed by atoms with Crippen LogP contribution >= 0.6 is 0 Å². The lowest BCUT2D eigenvalue weighted by atomic mass is 9.95. The molecule has 1 heterocycles. The summed E-state index contributed by atoms with van der Waals surface area (Å²) in [6.07, 6.45) is -4.00. The third-order valence-electron chi connectivity index (χ3n) is 5.41. The summed E-state index contributed by atoms with van der Waals surface area (Å²) >= 11 is 0. The van der Waals surface area contributed by atoms with Crippen LogP contribution in [0.4, 0.5) is 30.2 Å². The van der Waals surface area contributed by atoms with E-state index in [0.717, 1.165) is 12.1 Å². The molecule has 0 unspecified atom stereocenters. The van der Waals surface area contributed by atoms with Crippen molar-refractivity contribution in [3.8, 4) is 0 Å². The molecule has 0 spiro atoms. The molecule has 1 aliphatic heterocycles. The van der Waals surface area contributed by atoms with Crippen molar-refractivity contribution in [2.24, 2.45) is 5.92 Å². The van der Waals surface area contributed by atoms with Crippen LogP contribution < -0.4 is 14.9 Å². The summed E-state index contributed by atoms with van der Waals surface area (Å²) in [5.74, 6) is -0.698. The molecule has 0 bridgehead atoms. The molecule has 178 valence electrons. The Balaban J connectivity index is 1.65. The highest BCUT2D eigenvalue weighted by molar-refractivity contribution is 7.89. The molecule has 0 atom stereocenters. The average molecular weight is 486 g/mol. The summed E-state index contributed by atoms with van der Waals surface area (Å²) in [6.45, 7) is 0.507. The van der Waals surface area contributed by atoms with Gasteiger partial charge in [-0.2, -0.15) is 13.2 Å². The molecule has 0 aromatic heterocycles. The molecule has 33 heavy (non-hydrogen) atoms. The molecule has 0 saturated carbocycles. The van der Waals surface area contributed by atoms with Crippen molar-refractivity contribution in [3.63, 3.8) is 0 Å². The number of nitro groups is 1. The second kappa shape index (κ2) is 9.35. The van der Waals surface area contributed by atoms with E-state index in [1.807, 2.05) is 0 Å². The van der Waals surface area contributed by atoms with Gasteiger partial charge in [0.1, 0.15) is 5.69 Å². The third-order valence-corrected chi connectivity index (χ3v) is 6.84. The lowest BCUT2D eigenvalue weighted by Gasteiger charge is -2.32. The number of piperidine rings is 1. The number of hydrogen-bond donors (Lipinski definition) is 2. The molecule has 13 heteroatoms. The van der Waals surface area contributed by atoms with Gasteiger partial charge in [-0.3, -0.25) is 14.9 Å². The van der Waals surface area contributed by atoms with E-state index >= 15 is 0 Å². The monoisotopic (exact) mass is 486 g/mol. The minimum atomic E-state index is -4.69. The lowest BCUT2D eigenvalue weighted by molar-refractivity contribution is -0.384. The zero-order valence-corrected chi connectivity index (χ0v) is 18.2. The van der Waals surface area contributed by atoms with Crippen LogP contribution in [-0.4, -0.2) is 39.4 Å². The van der Waals surface area contributed by atoms with Gasteiger partial charge in [0.25, 0.3) is 5.69 Å². The van der Waals surface area contributed by atoms with Crippen LogP contribution in [0.5, 0.6) is 0 Å². The first-order valence-electron chi connectivity index (χ1n) is 9.87. The van der Waals surface area contributed by atoms with E-state index < -0.39 is 38.3 Å². The van der Waals surface area contributed by atoms with Gasteiger partial charge in [-0.1, -0.05) is 0 Å². The SMILES string of the molecule is CNS(=O)(=O)c1ccc(NC(=O)C2CCN(c3ccc(C(F)(F)F)cc3[N+](=O)[O-])CC2)cc1. The number of amides is 1. The summed E-state index contributed by atoms with van der Waals surface area (Å²) in [6, 6.07) is 8.04. The molecule has 1 amide bonds. The Kier molecular flexibility index (Phi) is 6.93. The summed E-state index contributed by atoms with van der Waals surface area (Å²) in [7, 11) is -2.31. The fraction of sp³-hybridized carbons (Fsp3) is 0.350. The summed E-state index contributed by atoms with van der Waals surface area (Å²) < 4.78 is 64.4. The molecule has 9 nitrogen and oxygen atoms in total. The van der Waals surface area contributed by atoms with E-state index in [1.165, 1.54) is 31.3 Å². The van der Waals surface area contributed by atoms with Gasteiger partial charge in [0.15, 0.2) is 0 Å².